The van der Waals surface area contributed by atoms with E-state index < -0.39 is 24.3 Å². The molecule has 0 saturated carbocycles. The Hall–Kier alpha value is -6.40. The van der Waals surface area contributed by atoms with Crippen LogP contribution in [0.15, 0.2) is 60.7 Å². The number of hydrogen-bond acceptors (Lipinski definition) is 9. The molecule has 5 aromatic rings. The maximum Gasteiger partial charge on any atom is 0.407 e. The molecule has 5 heterocycles. The Kier molecular flexibility index (Phi) is 12.2. The number of rotatable bonds is 9. The predicted octanol–water partition coefficient (Wildman–Crippen LogP) is 6.36. The van der Waals surface area contributed by atoms with Crippen LogP contribution in [-0.4, -0.2) is 106 Å². The summed E-state index contributed by atoms with van der Waals surface area (Å²) in [5.74, 6) is 7.61. The van der Waals surface area contributed by atoms with Gasteiger partial charge in [-0.05, 0) is 104 Å². The Bertz CT molecular complexity index is 2480. The number of alkyl carbamates (subject to hydrolysis) is 2. The maximum atomic E-state index is 14.0. The molecule has 2 aromatic heterocycles. The van der Waals surface area contributed by atoms with Crippen LogP contribution in [0.1, 0.15) is 87.2 Å². The average molecular weight is 829 g/mol. The van der Waals surface area contributed by atoms with E-state index in [0.717, 1.165) is 75.8 Å². The van der Waals surface area contributed by atoms with E-state index in [9.17, 15) is 19.2 Å². The third-order valence-electron chi connectivity index (χ3n) is 12.1. The second-order valence-corrected chi connectivity index (χ2v) is 16.3. The van der Waals surface area contributed by atoms with Crippen LogP contribution < -0.4 is 10.6 Å². The molecule has 0 aliphatic carbocycles. The molecule has 61 heavy (non-hydrogen) atoms. The number of ether oxygens (including phenoxy) is 3. The summed E-state index contributed by atoms with van der Waals surface area (Å²) in [5, 5.41) is 5.51. The van der Waals surface area contributed by atoms with Gasteiger partial charge in [0.05, 0.1) is 48.4 Å². The molecule has 3 saturated heterocycles. The lowest BCUT2D eigenvalue weighted by atomic mass is 9.90. The number of H-pyrrole nitrogens is 2. The first-order valence-corrected chi connectivity index (χ1v) is 21.1. The molecule has 318 valence electrons. The first kappa shape index (κ1) is 41.3. The van der Waals surface area contributed by atoms with Crippen molar-refractivity contribution < 1.29 is 33.4 Å². The minimum absolute atomic E-state index is 0.0318. The van der Waals surface area contributed by atoms with Gasteiger partial charge in [0.25, 0.3) is 0 Å². The van der Waals surface area contributed by atoms with Crippen LogP contribution in [0, 0.1) is 23.7 Å². The number of hydrogen-bond donors (Lipinski definition) is 4. The highest BCUT2D eigenvalue weighted by Gasteiger charge is 2.41. The van der Waals surface area contributed by atoms with E-state index in [1.54, 1.807) is 4.90 Å². The molecule has 3 fully saturated rings. The van der Waals surface area contributed by atoms with Gasteiger partial charge in [0, 0.05) is 37.4 Å². The van der Waals surface area contributed by atoms with Crippen molar-refractivity contribution in [3.63, 3.8) is 0 Å². The lowest BCUT2D eigenvalue weighted by molar-refractivity contribution is -0.137. The minimum Gasteiger partial charge on any atom is -0.453 e. The lowest BCUT2D eigenvalue weighted by Gasteiger charge is -2.34. The largest absolute Gasteiger partial charge is 0.453 e. The summed E-state index contributed by atoms with van der Waals surface area (Å²) in [7, 11) is 2.60. The lowest BCUT2D eigenvalue weighted by Crippen LogP contribution is -2.53. The predicted molar refractivity (Wildman–Crippen MR) is 228 cm³/mol. The highest BCUT2D eigenvalue weighted by molar-refractivity contribution is 5.88. The molecule has 3 aliphatic rings. The van der Waals surface area contributed by atoms with Gasteiger partial charge < -0.3 is 44.6 Å². The van der Waals surface area contributed by atoms with Crippen molar-refractivity contribution >= 4 is 46.1 Å². The van der Waals surface area contributed by atoms with Crippen molar-refractivity contribution in [1.29, 1.82) is 0 Å². The minimum atomic E-state index is -0.698. The number of aromatic amines is 2. The van der Waals surface area contributed by atoms with Crippen LogP contribution in [0.3, 0.4) is 0 Å². The fourth-order valence-corrected chi connectivity index (χ4v) is 8.82. The molecule has 15 nitrogen and oxygen atoms in total. The number of methoxy groups -OCH3 is 2. The Balaban J connectivity index is 0.941. The van der Waals surface area contributed by atoms with Gasteiger partial charge in [-0.25, -0.2) is 19.6 Å². The molecule has 3 aromatic carbocycles. The SMILES string of the molecule is COC(=O)NC(C(=O)N1CCC[C@H]1c1nc2ccc(C#Cc3ccc(-c4ccc5nc([C@@H]6CCCN6C(=O)[C@@H](NC(=O)OC)C6CCOCC6)[nH]c5c4)cc3)cc2[nH]1)C(C)C. The highest BCUT2D eigenvalue weighted by atomic mass is 16.5. The van der Waals surface area contributed by atoms with E-state index in [1.165, 1.54) is 14.2 Å². The van der Waals surface area contributed by atoms with Crippen molar-refractivity contribution in [3.05, 3.63) is 83.4 Å². The maximum absolute atomic E-state index is 14.0. The first-order valence-electron chi connectivity index (χ1n) is 21.1. The molecular weight excluding hydrogens is 777 g/mol. The van der Waals surface area contributed by atoms with Gasteiger partial charge >= 0.3 is 12.2 Å². The van der Waals surface area contributed by atoms with Gasteiger partial charge in [-0.15, -0.1) is 0 Å². The van der Waals surface area contributed by atoms with E-state index in [0.29, 0.717) is 45.0 Å². The molecule has 15 heteroatoms. The van der Waals surface area contributed by atoms with Crippen LogP contribution in [0.4, 0.5) is 9.59 Å². The number of fused-ring (bicyclic) bond motifs is 2. The quantitative estimate of drug-likeness (QED) is 0.123. The number of likely N-dealkylation sites (tertiary alicyclic amines) is 2. The molecule has 4 atom stereocenters. The van der Waals surface area contributed by atoms with Crippen LogP contribution in [0.5, 0.6) is 0 Å². The van der Waals surface area contributed by atoms with Gasteiger partial charge in [0.1, 0.15) is 23.7 Å². The summed E-state index contributed by atoms with van der Waals surface area (Å²) >= 11 is 0. The van der Waals surface area contributed by atoms with Crippen molar-refractivity contribution in [1.82, 2.24) is 40.4 Å². The Morgan fingerprint density at radius 3 is 1.87 bits per heavy atom. The smallest absolute Gasteiger partial charge is 0.407 e. The van der Waals surface area contributed by atoms with Crippen molar-refractivity contribution in [3.8, 4) is 23.0 Å². The van der Waals surface area contributed by atoms with E-state index in [4.69, 9.17) is 24.2 Å². The van der Waals surface area contributed by atoms with Crippen molar-refractivity contribution in [2.75, 3.05) is 40.5 Å². The first-order chi connectivity index (χ1) is 29.6. The summed E-state index contributed by atoms with van der Waals surface area (Å²) < 4.78 is 15.2. The molecule has 0 spiro atoms. The van der Waals surface area contributed by atoms with E-state index in [-0.39, 0.29) is 35.7 Å². The zero-order chi connectivity index (χ0) is 42.6. The molecule has 3 aliphatic heterocycles. The van der Waals surface area contributed by atoms with Gasteiger partial charge in [-0.1, -0.05) is 43.9 Å². The molecule has 1 unspecified atom stereocenters. The fourth-order valence-electron chi connectivity index (χ4n) is 8.82. The van der Waals surface area contributed by atoms with Gasteiger partial charge in [-0.2, -0.15) is 0 Å². The van der Waals surface area contributed by atoms with E-state index >= 15 is 0 Å². The van der Waals surface area contributed by atoms with E-state index in [1.807, 2.05) is 73.3 Å². The summed E-state index contributed by atoms with van der Waals surface area (Å²) in [4.78, 5) is 72.2. The monoisotopic (exact) mass is 828 g/mol. The van der Waals surface area contributed by atoms with Crippen LogP contribution in [0.2, 0.25) is 0 Å². The number of imidazole rings is 2. The average Bonchev–Trinajstić information content (AvgIpc) is 4.12. The second-order valence-electron chi connectivity index (χ2n) is 16.3. The molecule has 0 radical (unpaired) electrons. The molecule has 8 rings (SSSR count). The highest BCUT2D eigenvalue weighted by Crippen LogP contribution is 2.35. The Morgan fingerprint density at radius 2 is 1.25 bits per heavy atom. The van der Waals surface area contributed by atoms with Crippen LogP contribution >= 0.6 is 0 Å². The third kappa shape index (κ3) is 8.90. The van der Waals surface area contributed by atoms with Crippen molar-refractivity contribution in [2.24, 2.45) is 11.8 Å². The van der Waals surface area contributed by atoms with Crippen LogP contribution in [-0.2, 0) is 23.8 Å². The van der Waals surface area contributed by atoms with E-state index in [2.05, 4.69) is 38.5 Å². The molecule has 4 N–H and O–H groups in total. The standard InChI is InChI=1S/C46H52N8O7/c1-27(2)39(51-45(57)59-3)43(55)53-21-5-7-37(53)41-47-33-17-13-29(25-35(33)49-41)10-9-28-11-14-30(15-12-28)32-16-18-34-36(26-32)50-42(48-34)38-8-6-22-54(38)44(56)40(52-46(58)60-4)31-19-23-61-24-20-31/h11-18,25-27,31,37-40H,5-8,19-24H2,1-4H3,(H,47,49)(H,48,50)(H,51,57)(H,52,58)/t37-,38-,39?,40-/m0/s1. The molecular formula is C46H52N8O7. The van der Waals surface area contributed by atoms with Gasteiger partial charge in [-0.3, -0.25) is 9.59 Å². The zero-order valence-corrected chi connectivity index (χ0v) is 35.0. The van der Waals surface area contributed by atoms with Gasteiger partial charge in [0.15, 0.2) is 0 Å². The topological polar surface area (TPSA) is 184 Å². The number of benzene rings is 3. The molecule has 4 amide bonds. The second kappa shape index (κ2) is 18.1. The number of nitrogens with zero attached hydrogens (tertiary/aromatic N) is 4. The number of carbonyl (C=O) groups is 4. The zero-order valence-electron chi connectivity index (χ0n) is 35.0. The summed E-state index contributed by atoms with van der Waals surface area (Å²) in [6.07, 6.45) is 3.36. The summed E-state index contributed by atoms with van der Waals surface area (Å²) in [6, 6.07) is 18.2. The Labute approximate surface area is 354 Å². The number of amides is 4. The van der Waals surface area contributed by atoms with Crippen LogP contribution in [0.25, 0.3) is 33.2 Å². The summed E-state index contributed by atoms with van der Waals surface area (Å²) in [5.41, 5.74) is 7.07. The summed E-state index contributed by atoms with van der Waals surface area (Å²) in [6.45, 7) is 6.08. The fraction of sp³-hybridized carbons (Fsp3) is 0.435. The normalized spacial score (nSPS) is 19.1. The third-order valence-corrected chi connectivity index (χ3v) is 12.1. The molecule has 0 bridgehead atoms. The number of nitrogens with one attached hydrogen (secondary N) is 4. The number of aromatic nitrogens is 4. The number of carbonyl (C=O) groups excluding carboxylic acids is 4. The van der Waals surface area contributed by atoms with Gasteiger partial charge in [0.2, 0.25) is 11.8 Å². The Morgan fingerprint density at radius 1 is 0.705 bits per heavy atom. The van der Waals surface area contributed by atoms with Crippen molar-refractivity contribution in [2.45, 2.75) is 76.5 Å².